The minimum absolute atomic E-state index is 0.0385. The van der Waals surface area contributed by atoms with Crippen LogP contribution in [0.4, 0.5) is 4.79 Å². The Morgan fingerprint density at radius 3 is 3.05 bits per heavy atom. The van der Waals surface area contributed by atoms with E-state index in [1.54, 1.807) is 0 Å². The van der Waals surface area contributed by atoms with Gasteiger partial charge in [0.05, 0.1) is 18.7 Å². The van der Waals surface area contributed by atoms with Crippen LogP contribution in [0.1, 0.15) is 39.0 Å². The van der Waals surface area contributed by atoms with Crippen LogP contribution in [0.5, 0.6) is 0 Å². The molecule has 2 heterocycles. The van der Waals surface area contributed by atoms with Crippen LogP contribution >= 0.6 is 11.8 Å². The van der Waals surface area contributed by atoms with E-state index in [4.69, 9.17) is 4.74 Å². The van der Waals surface area contributed by atoms with Gasteiger partial charge in [-0.15, -0.1) is 0 Å². The van der Waals surface area contributed by atoms with E-state index in [0.717, 1.165) is 31.4 Å². The molecule has 0 aliphatic carbocycles. The second-order valence-electron chi connectivity index (χ2n) is 5.09. The first-order chi connectivity index (χ1) is 9.20. The first-order valence-electron chi connectivity index (χ1n) is 7.05. The van der Waals surface area contributed by atoms with Gasteiger partial charge in [0, 0.05) is 17.4 Å². The van der Waals surface area contributed by atoms with Gasteiger partial charge in [-0.25, -0.2) is 4.79 Å². The van der Waals surface area contributed by atoms with Crippen LogP contribution in [-0.4, -0.2) is 41.7 Å². The second kappa shape index (κ2) is 7.03. The van der Waals surface area contributed by atoms with Gasteiger partial charge < -0.3 is 15.4 Å². The lowest BCUT2D eigenvalue weighted by atomic mass is 10.0. The first kappa shape index (κ1) is 14.5. The topological polar surface area (TPSA) is 67.4 Å². The van der Waals surface area contributed by atoms with Gasteiger partial charge in [-0.3, -0.25) is 4.79 Å². The molecule has 6 heteroatoms. The summed E-state index contributed by atoms with van der Waals surface area (Å²) in [6.45, 7) is 2.52. The second-order valence-corrected chi connectivity index (χ2v) is 6.36. The van der Waals surface area contributed by atoms with Crippen LogP contribution < -0.4 is 10.6 Å². The van der Waals surface area contributed by atoms with Gasteiger partial charge in [-0.2, -0.15) is 11.8 Å². The standard InChI is InChI=1S/C13H22N2O3S/c1-2-7-18-11(16)6-4-3-5-10-12-9(8-19-10)14-13(17)15-12/h9-10,12H,2-8H2,1H3,(H2,14,15,17)/t9-,10+,12+/m1/s1. The predicted octanol–water partition coefficient (Wildman–Crippen LogP) is 1.67. The summed E-state index contributed by atoms with van der Waals surface area (Å²) in [5, 5.41) is 6.40. The van der Waals surface area contributed by atoms with E-state index in [0.29, 0.717) is 18.3 Å². The molecule has 3 atom stereocenters. The number of hydrogen-bond donors (Lipinski definition) is 2. The number of carbonyl (C=O) groups is 2. The third-order valence-corrected chi connectivity index (χ3v) is 5.03. The van der Waals surface area contributed by atoms with E-state index < -0.39 is 0 Å². The Labute approximate surface area is 118 Å². The number of carbonyl (C=O) groups excluding carboxylic acids is 2. The Morgan fingerprint density at radius 2 is 2.26 bits per heavy atom. The summed E-state index contributed by atoms with van der Waals surface area (Å²) in [7, 11) is 0. The van der Waals surface area contributed by atoms with Crippen LogP contribution in [0.15, 0.2) is 0 Å². The lowest BCUT2D eigenvalue weighted by Crippen LogP contribution is -2.36. The van der Waals surface area contributed by atoms with Crippen molar-refractivity contribution in [2.24, 2.45) is 0 Å². The lowest BCUT2D eigenvalue weighted by Gasteiger charge is -2.16. The summed E-state index contributed by atoms with van der Waals surface area (Å²) in [5.74, 6) is 0.904. The average molecular weight is 286 g/mol. The Kier molecular flexibility index (Phi) is 5.36. The van der Waals surface area contributed by atoms with E-state index in [2.05, 4.69) is 10.6 Å². The fourth-order valence-corrected chi connectivity index (χ4v) is 4.09. The molecule has 19 heavy (non-hydrogen) atoms. The minimum Gasteiger partial charge on any atom is -0.466 e. The van der Waals surface area contributed by atoms with E-state index >= 15 is 0 Å². The molecule has 5 nitrogen and oxygen atoms in total. The third kappa shape index (κ3) is 4.03. The predicted molar refractivity (Wildman–Crippen MR) is 75.2 cm³/mol. The fraction of sp³-hybridized carbons (Fsp3) is 0.846. The maximum atomic E-state index is 11.3. The number of esters is 1. The van der Waals surface area contributed by atoms with Crippen molar-refractivity contribution in [2.45, 2.75) is 56.4 Å². The van der Waals surface area contributed by atoms with Crippen LogP contribution in [0.3, 0.4) is 0 Å². The monoisotopic (exact) mass is 286 g/mol. The Balaban J connectivity index is 1.59. The molecular formula is C13H22N2O3S. The number of urea groups is 1. The van der Waals surface area contributed by atoms with E-state index in [9.17, 15) is 9.59 Å². The molecule has 0 aromatic heterocycles. The summed E-state index contributed by atoms with van der Waals surface area (Å²) in [4.78, 5) is 22.6. The summed E-state index contributed by atoms with van der Waals surface area (Å²) >= 11 is 1.92. The molecule has 0 bridgehead atoms. The normalized spacial score (nSPS) is 28.7. The summed E-state index contributed by atoms with van der Waals surface area (Å²) in [5.41, 5.74) is 0. The summed E-state index contributed by atoms with van der Waals surface area (Å²) in [6.07, 6.45) is 4.32. The van der Waals surface area contributed by atoms with Crippen molar-refractivity contribution in [1.29, 1.82) is 0 Å². The highest BCUT2D eigenvalue weighted by molar-refractivity contribution is 8.00. The van der Waals surface area contributed by atoms with Gasteiger partial charge in [0.2, 0.25) is 0 Å². The smallest absolute Gasteiger partial charge is 0.315 e. The molecule has 0 radical (unpaired) electrons. The Morgan fingerprint density at radius 1 is 1.42 bits per heavy atom. The minimum atomic E-state index is -0.0883. The zero-order valence-corrected chi connectivity index (χ0v) is 12.1. The SMILES string of the molecule is CCCOC(=O)CCCC[C@@H]1SC[C@H]2NC(=O)N[C@H]12. The Hall–Kier alpha value is -0.910. The quantitative estimate of drug-likeness (QED) is 0.424. The zero-order chi connectivity index (χ0) is 13.7. The van der Waals surface area contributed by atoms with Crippen molar-refractivity contribution < 1.29 is 14.3 Å². The largest absolute Gasteiger partial charge is 0.466 e. The molecule has 0 unspecified atom stereocenters. The van der Waals surface area contributed by atoms with Crippen molar-refractivity contribution in [3.63, 3.8) is 0 Å². The lowest BCUT2D eigenvalue weighted by molar-refractivity contribution is -0.143. The summed E-state index contributed by atoms with van der Waals surface area (Å²) < 4.78 is 5.04. The highest BCUT2D eigenvalue weighted by atomic mass is 32.2. The number of ether oxygens (including phenoxy) is 1. The molecule has 2 aliphatic heterocycles. The highest BCUT2D eigenvalue weighted by Crippen LogP contribution is 2.33. The van der Waals surface area contributed by atoms with Crippen LogP contribution in [-0.2, 0) is 9.53 Å². The molecule has 2 amide bonds. The van der Waals surface area contributed by atoms with Crippen molar-refractivity contribution in [3.05, 3.63) is 0 Å². The molecule has 2 rings (SSSR count). The number of fused-ring (bicyclic) bond motifs is 1. The van der Waals surface area contributed by atoms with E-state index in [-0.39, 0.29) is 24.1 Å². The number of rotatable bonds is 7. The molecule has 0 saturated carbocycles. The molecule has 0 aromatic rings. The van der Waals surface area contributed by atoms with Crippen LogP contribution in [0, 0.1) is 0 Å². The number of thioether (sulfide) groups is 1. The van der Waals surface area contributed by atoms with Crippen LogP contribution in [0.2, 0.25) is 0 Å². The average Bonchev–Trinajstić information content (AvgIpc) is 2.92. The number of hydrogen-bond acceptors (Lipinski definition) is 4. The maximum absolute atomic E-state index is 11.3. The van der Waals surface area contributed by atoms with Crippen molar-refractivity contribution >= 4 is 23.8 Å². The Bertz CT molecular complexity index is 338. The van der Waals surface area contributed by atoms with Gasteiger partial charge >= 0.3 is 12.0 Å². The third-order valence-electron chi connectivity index (χ3n) is 3.52. The maximum Gasteiger partial charge on any atom is 0.315 e. The van der Waals surface area contributed by atoms with Crippen molar-refractivity contribution in [1.82, 2.24) is 10.6 Å². The van der Waals surface area contributed by atoms with Crippen molar-refractivity contribution in [2.75, 3.05) is 12.4 Å². The van der Waals surface area contributed by atoms with E-state index in [1.165, 1.54) is 0 Å². The van der Waals surface area contributed by atoms with E-state index in [1.807, 2.05) is 18.7 Å². The number of amides is 2. The van der Waals surface area contributed by atoms with Crippen molar-refractivity contribution in [3.8, 4) is 0 Å². The molecule has 2 aliphatic rings. The van der Waals surface area contributed by atoms with Gasteiger partial charge in [0.1, 0.15) is 0 Å². The molecule has 0 spiro atoms. The molecule has 0 aromatic carbocycles. The van der Waals surface area contributed by atoms with Gasteiger partial charge in [0.25, 0.3) is 0 Å². The highest BCUT2D eigenvalue weighted by Gasteiger charge is 2.42. The van der Waals surface area contributed by atoms with Gasteiger partial charge in [-0.1, -0.05) is 13.3 Å². The fourth-order valence-electron chi connectivity index (χ4n) is 2.55. The number of nitrogens with one attached hydrogen (secondary N) is 2. The number of unbranched alkanes of at least 4 members (excludes halogenated alkanes) is 1. The molecule has 108 valence electrons. The van der Waals surface area contributed by atoms with Gasteiger partial charge in [0.15, 0.2) is 0 Å². The first-order valence-corrected chi connectivity index (χ1v) is 8.10. The summed E-state index contributed by atoms with van der Waals surface area (Å²) in [6, 6.07) is 0.519. The molecule has 2 N–H and O–H groups in total. The zero-order valence-electron chi connectivity index (χ0n) is 11.3. The molecule has 2 fully saturated rings. The van der Waals surface area contributed by atoms with Crippen LogP contribution in [0.25, 0.3) is 0 Å². The van der Waals surface area contributed by atoms with Gasteiger partial charge in [-0.05, 0) is 19.3 Å². The molecular weight excluding hydrogens is 264 g/mol. The molecule has 2 saturated heterocycles.